The van der Waals surface area contributed by atoms with Crippen LogP contribution in [0.5, 0.6) is 5.75 Å². The Morgan fingerprint density at radius 3 is 2.34 bits per heavy atom. The molecule has 0 saturated heterocycles. The molecule has 0 fully saturated rings. The first-order valence-electron chi connectivity index (χ1n) is 9.28. The molecule has 0 heterocycles. The Kier molecular flexibility index (Phi) is 8.44. The van der Waals surface area contributed by atoms with Gasteiger partial charge in [-0.1, -0.05) is 43.7 Å². The van der Waals surface area contributed by atoms with Crippen LogP contribution < -0.4 is 20.5 Å². The Labute approximate surface area is 169 Å². The van der Waals surface area contributed by atoms with Gasteiger partial charge in [0, 0.05) is 5.56 Å². The van der Waals surface area contributed by atoms with Crippen LogP contribution in [0, 0.1) is 0 Å². The maximum absolute atomic E-state index is 12.6. The fourth-order valence-electron chi connectivity index (χ4n) is 2.35. The van der Waals surface area contributed by atoms with E-state index in [0.717, 1.165) is 12.8 Å². The fourth-order valence-corrected chi connectivity index (χ4v) is 2.35. The van der Waals surface area contributed by atoms with Crippen molar-refractivity contribution in [2.24, 2.45) is 0 Å². The molecular weight excluding hydrogens is 372 g/mol. The van der Waals surface area contributed by atoms with E-state index >= 15 is 0 Å². The van der Waals surface area contributed by atoms with Crippen molar-refractivity contribution < 1.29 is 24.2 Å². The minimum atomic E-state index is -1.43. The summed E-state index contributed by atoms with van der Waals surface area (Å²) in [6, 6.07) is 15.4. The van der Waals surface area contributed by atoms with Gasteiger partial charge in [-0.3, -0.25) is 9.59 Å². The number of nitrogens with one attached hydrogen (secondary N) is 2. The molecule has 29 heavy (non-hydrogen) atoms. The number of ether oxygens (including phenoxy) is 1. The lowest BCUT2D eigenvalue weighted by atomic mass is 10.1. The zero-order valence-corrected chi connectivity index (χ0v) is 16.1. The van der Waals surface area contributed by atoms with E-state index in [1.54, 1.807) is 48.5 Å². The zero-order valence-electron chi connectivity index (χ0n) is 16.1. The topological polar surface area (TPSA) is 108 Å². The molecule has 2 rings (SSSR count). The van der Waals surface area contributed by atoms with Crippen molar-refractivity contribution in [3.8, 4) is 5.75 Å². The van der Waals surface area contributed by atoms with Crippen molar-refractivity contribution in [1.29, 1.82) is 0 Å². The first-order valence-corrected chi connectivity index (χ1v) is 9.28. The molecule has 0 aliphatic carbocycles. The van der Waals surface area contributed by atoms with E-state index in [1.807, 2.05) is 6.07 Å². The Hall–Kier alpha value is -3.61. The lowest BCUT2D eigenvalue weighted by molar-refractivity contribution is -0.303. The maximum atomic E-state index is 12.6. The summed E-state index contributed by atoms with van der Waals surface area (Å²) in [5.41, 5.74) is 0.927. The van der Waals surface area contributed by atoms with Crippen LogP contribution in [-0.4, -0.2) is 30.9 Å². The largest absolute Gasteiger partial charge is 0.548 e. The van der Waals surface area contributed by atoms with Crippen LogP contribution in [0.3, 0.4) is 0 Å². The molecule has 7 nitrogen and oxygen atoms in total. The van der Waals surface area contributed by atoms with Crippen molar-refractivity contribution in [3.63, 3.8) is 0 Å². The lowest BCUT2D eigenvalue weighted by Gasteiger charge is -2.12. The van der Waals surface area contributed by atoms with Crippen LogP contribution in [0.4, 0.5) is 0 Å². The molecule has 0 aliphatic heterocycles. The highest BCUT2D eigenvalue weighted by molar-refractivity contribution is 6.05. The third kappa shape index (κ3) is 7.50. The summed E-state index contributed by atoms with van der Waals surface area (Å²) in [4.78, 5) is 35.5. The van der Waals surface area contributed by atoms with Crippen LogP contribution in [0.25, 0.3) is 6.08 Å². The van der Waals surface area contributed by atoms with E-state index in [2.05, 4.69) is 17.6 Å². The van der Waals surface area contributed by atoms with Gasteiger partial charge in [-0.2, -0.15) is 0 Å². The van der Waals surface area contributed by atoms with Crippen LogP contribution >= 0.6 is 0 Å². The smallest absolute Gasteiger partial charge is 0.268 e. The van der Waals surface area contributed by atoms with Crippen LogP contribution in [0.2, 0.25) is 0 Å². The standard InChI is InChI=1S/C22H24N2O5/c1-2-3-13-29-18-11-9-17(10-12-18)21(27)24-19(22(28)23-15-20(25)26)14-16-7-5-4-6-8-16/h4-12,14H,2-3,13,15H2,1H3,(H,23,28)(H,24,27)(H,25,26)/p-1/b19-14+. The number of carbonyl (C=O) groups is 3. The summed E-state index contributed by atoms with van der Waals surface area (Å²) < 4.78 is 5.57. The molecule has 0 aliphatic rings. The van der Waals surface area contributed by atoms with Gasteiger partial charge in [0.25, 0.3) is 11.8 Å². The molecule has 0 unspecified atom stereocenters. The van der Waals surface area contributed by atoms with Gasteiger partial charge in [-0.15, -0.1) is 0 Å². The van der Waals surface area contributed by atoms with Gasteiger partial charge in [-0.05, 0) is 42.3 Å². The Bertz CT molecular complexity index is 861. The minimum Gasteiger partial charge on any atom is -0.548 e. The number of aliphatic carboxylic acids is 1. The van der Waals surface area contributed by atoms with Gasteiger partial charge in [0.15, 0.2) is 0 Å². The second-order valence-electron chi connectivity index (χ2n) is 6.20. The molecule has 7 heteroatoms. The highest BCUT2D eigenvalue weighted by atomic mass is 16.5. The number of rotatable bonds is 10. The highest BCUT2D eigenvalue weighted by Gasteiger charge is 2.14. The van der Waals surface area contributed by atoms with E-state index < -0.39 is 24.3 Å². The Morgan fingerprint density at radius 1 is 1.03 bits per heavy atom. The van der Waals surface area contributed by atoms with Crippen LogP contribution in [0.15, 0.2) is 60.3 Å². The number of carboxylic acids is 1. The summed E-state index contributed by atoms with van der Waals surface area (Å²) in [6.07, 6.45) is 3.43. The number of carbonyl (C=O) groups excluding carboxylic acids is 3. The number of hydrogen-bond acceptors (Lipinski definition) is 5. The van der Waals surface area contributed by atoms with E-state index in [9.17, 15) is 19.5 Å². The van der Waals surface area contributed by atoms with Crippen molar-refractivity contribution in [2.75, 3.05) is 13.2 Å². The van der Waals surface area contributed by atoms with Crippen molar-refractivity contribution in [3.05, 3.63) is 71.4 Å². The molecule has 0 saturated carbocycles. The predicted octanol–water partition coefficient (Wildman–Crippen LogP) is 1.50. The maximum Gasteiger partial charge on any atom is 0.268 e. The average Bonchev–Trinajstić information content (AvgIpc) is 2.73. The SMILES string of the molecule is CCCCOc1ccc(C(=O)N/C(=C/c2ccccc2)C(=O)NCC(=O)[O-])cc1. The molecule has 0 radical (unpaired) electrons. The van der Waals surface area contributed by atoms with Gasteiger partial charge in [0.05, 0.1) is 19.1 Å². The summed E-state index contributed by atoms with van der Waals surface area (Å²) in [5, 5.41) is 15.3. The van der Waals surface area contributed by atoms with Crippen LogP contribution in [0.1, 0.15) is 35.7 Å². The quantitative estimate of drug-likeness (QED) is 0.468. The average molecular weight is 395 g/mol. The molecule has 0 spiro atoms. The first kappa shape index (κ1) is 21.7. The van der Waals surface area contributed by atoms with E-state index in [0.29, 0.717) is 23.5 Å². The fraction of sp³-hybridized carbons (Fsp3) is 0.227. The summed E-state index contributed by atoms with van der Waals surface area (Å²) in [6.45, 7) is 2.01. The third-order valence-corrected chi connectivity index (χ3v) is 3.88. The molecule has 152 valence electrons. The minimum absolute atomic E-state index is 0.0780. The van der Waals surface area contributed by atoms with Crippen LogP contribution in [-0.2, 0) is 9.59 Å². The van der Waals surface area contributed by atoms with E-state index in [-0.39, 0.29) is 5.70 Å². The molecule has 2 amide bonds. The third-order valence-electron chi connectivity index (χ3n) is 3.88. The second kappa shape index (κ2) is 11.3. The van der Waals surface area contributed by atoms with E-state index in [1.165, 1.54) is 6.08 Å². The Morgan fingerprint density at radius 2 is 1.72 bits per heavy atom. The number of hydrogen-bond donors (Lipinski definition) is 2. The van der Waals surface area contributed by atoms with Crippen molar-refractivity contribution in [1.82, 2.24) is 10.6 Å². The molecule has 0 atom stereocenters. The highest BCUT2D eigenvalue weighted by Crippen LogP contribution is 2.13. The number of amides is 2. The predicted molar refractivity (Wildman–Crippen MR) is 107 cm³/mol. The normalized spacial score (nSPS) is 10.9. The summed E-state index contributed by atoms with van der Waals surface area (Å²) in [7, 11) is 0. The monoisotopic (exact) mass is 395 g/mol. The molecular formula is C22H23N2O5-. The Balaban J connectivity index is 2.12. The zero-order chi connectivity index (χ0) is 21.1. The second-order valence-corrected chi connectivity index (χ2v) is 6.20. The molecule has 2 N–H and O–H groups in total. The van der Waals surface area contributed by atoms with E-state index in [4.69, 9.17) is 4.74 Å². The summed E-state index contributed by atoms with van der Waals surface area (Å²) in [5.74, 6) is -2.01. The first-order chi connectivity index (χ1) is 14.0. The lowest BCUT2D eigenvalue weighted by Crippen LogP contribution is -2.41. The van der Waals surface area contributed by atoms with Gasteiger partial charge < -0.3 is 25.3 Å². The van der Waals surface area contributed by atoms with Crippen molar-refractivity contribution >= 4 is 23.9 Å². The number of unbranched alkanes of at least 4 members (excludes halogenated alkanes) is 1. The molecule has 2 aromatic carbocycles. The molecule has 2 aromatic rings. The molecule has 0 aromatic heterocycles. The number of benzene rings is 2. The van der Waals surface area contributed by atoms with Gasteiger partial charge in [0.2, 0.25) is 0 Å². The number of carboxylic acid groups (broad SMARTS) is 1. The van der Waals surface area contributed by atoms with Crippen molar-refractivity contribution in [2.45, 2.75) is 19.8 Å². The van der Waals surface area contributed by atoms with Gasteiger partial charge >= 0.3 is 0 Å². The molecule has 0 bridgehead atoms. The van der Waals surface area contributed by atoms with Gasteiger partial charge in [-0.25, -0.2) is 0 Å². The van der Waals surface area contributed by atoms with Gasteiger partial charge in [0.1, 0.15) is 11.4 Å². The summed E-state index contributed by atoms with van der Waals surface area (Å²) >= 11 is 0.